The number of carboxylic acid groups (broad SMARTS) is 1. The van der Waals surface area contributed by atoms with Crippen LogP contribution in [-0.2, 0) is 19.1 Å². The van der Waals surface area contributed by atoms with Crippen molar-refractivity contribution in [3.8, 4) is 0 Å². The van der Waals surface area contributed by atoms with Crippen LogP contribution in [0.25, 0.3) is 0 Å². The van der Waals surface area contributed by atoms with E-state index in [9.17, 15) is 24.3 Å². The Balaban J connectivity index is 1.56. The molecule has 33 heavy (non-hydrogen) atoms. The van der Waals surface area contributed by atoms with E-state index in [1.807, 2.05) is 0 Å². The molecule has 0 spiro atoms. The van der Waals surface area contributed by atoms with Gasteiger partial charge in [-0.25, -0.2) is 14.4 Å². The third-order valence-corrected chi connectivity index (χ3v) is 6.33. The highest BCUT2D eigenvalue weighted by molar-refractivity contribution is 5.96. The zero-order chi connectivity index (χ0) is 23.4. The summed E-state index contributed by atoms with van der Waals surface area (Å²) in [6.45, 7) is 0. The number of carbonyl (C=O) groups excluding carboxylic acids is 3. The summed E-state index contributed by atoms with van der Waals surface area (Å²) in [5, 5.41) is 12.6. The summed E-state index contributed by atoms with van der Waals surface area (Å²) < 4.78 is 10.5. The summed E-state index contributed by atoms with van der Waals surface area (Å²) in [4.78, 5) is 50.4. The summed E-state index contributed by atoms with van der Waals surface area (Å²) in [6, 6.07) is 15.6. The molecule has 2 aromatic rings. The van der Waals surface area contributed by atoms with Crippen LogP contribution in [0.15, 0.2) is 60.7 Å². The largest absolute Gasteiger partial charge is 0.478 e. The van der Waals surface area contributed by atoms with E-state index in [-0.39, 0.29) is 17.2 Å². The van der Waals surface area contributed by atoms with Crippen molar-refractivity contribution in [3.05, 3.63) is 71.8 Å². The number of esters is 2. The van der Waals surface area contributed by atoms with Crippen molar-refractivity contribution in [3.63, 3.8) is 0 Å². The third kappa shape index (κ3) is 5.22. The van der Waals surface area contributed by atoms with Gasteiger partial charge in [0.05, 0.1) is 11.1 Å². The molecule has 1 amide bonds. The second-order valence-electron chi connectivity index (χ2n) is 8.51. The standard InChI is InChI=1S/C25H25NO7/c27-22(26-19-14-15-11-12-18(19)13-15)20(32-24(30)16-7-3-1-4-8-16)21(23(28)29)33-25(31)17-9-5-2-6-10-17/h1-10,15,18-21H,11-14H2,(H,26,27)(H,28,29)/t15-,18-,19-,20-,21-/m0/s1. The van der Waals surface area contributed by atoms with Crippen LogP contribution < -0.4 is 5.32 Å². The molecular formula is C25H25NO7. The minimum Gasteiger partial charge on any atom is -0.478 e. The van der Waals surface area contributed by atoms with E-state index in [1.165, 1.54) is 24.3 Å². The molecule has 0 saturated heterocycles. The molecule has 172 valence electrons. The Labute approximate surface area is 190 Å². The summed E-state index contributed by atoms with van der Waals surface area (Å²) in [6.07, 6.45) is 0.0823. The van der Waals surface area contributed by atoms with Crippen LogP contribution in [0.5, 0.6) is 0 Å². The van der Waals surface area contributed by atoms with Crippen LogP contribution in [0.1, 0.15) is 46.4 Å². The molecule has 2 fully saturated rings. The number of benzene rings is 2. The molecule has 5 atom stereocenters. The molecule has 8 heteroatoms. The fourth-order valence-electron chi connectivity index (χ4n) is 4.70. The lowest BCUT2D eigenvalue weighted by molar-refractivity contribution is -0.159. The summed E-state index contributed by atoms with van der Waals surface area (Å²) >= 11 is 0. The Hall–Kier alpha value is -3.68. The Morgan fingerprint density at radius 1 is 0.788 bits per heavy atom. The van der Waals surface area contributed by atoms with Crippen LogP contribution in [0.4, 0.5) is 0 Å². The Kier molecular flexibility index (Phi) is 6.72. The van der Waals surface area contributed by atoms with Gasteiger partial charge in [0.2, 0.25) is 12.2 Å². The van der Waals surface area contributed by atoms with Crippen molar-refractivity contribution in [1.82, 2.24) is 5.32 Å². The molecule has 0 aliphatic heterocycles. The maximum absolute atomic E-state index is 13.2. The molecule has 0 heterocycles. The molecule has 2 aromatic carbocycles. The minimum absolute atomic E-state index is 0.116. The topological polar surface area (TPSA) is 119 Å². The smallest absolute Gasteiger partial charge is 0.349 e. The number of amides is 1. The summed E-state index contributed by atoms with van der Waals surface area (Å²) in [5.41, 5.74) is 0.263. The van der Waals surface area contributed by atoms with E-state index in [0.29, 0.717) is 11.8 Å². The van der Waals surface area contributed by atoms with Crippen LogP contribution >= 0.6 is 0 Å². The lowest BCUT2D eigenvalue weighted by Gasteiger charge is -2.28. The molecule has 0 aromatic heterocycles. The maximum atomic E-state index is 13.2. The number of aliphatic carboxylic acids is 1. The molecular weight excluding hydrogens is 426 g/mol. The first-order valence-electron chi connectivity index (χ1n) is 11.0. The Bertz CT molecular complexity index is 1020. The highest BCUT2D eigenvalue weighted by atomic mass is 16.6. The van der Waals surface area contributed by atoms with Gasteiger partial charge in [-0.3, -0.25) is 4.79 Å². The fourth-order valence-corrected chi connectivity index (χ4v) is 4.70. The Morgan fingerprint density at radius 3 is 1.79 bits per heavy atom. The van der Waals surface area contributed by atoms with Crippen LogP contribution in [-0.4, -0.2) is 47.2 Å². The highest BCUT2D eigenvalue weighted by Gasteiger charge is 2.45. The van der Waals surface area contributed by atoms with Gasteiger partial charge in [0.1, 0.15) is 0 Å². The number of hydrogen-bond donors (Lipinski definition) is 2. The highest BCUT2D eigenvalue weighted by Crippen LogP contribution is 2.44. The number of carbonyl (C=O) groups is 4. The number of hydrogen-bond acceptors (Lipinski definition) is 6. The van der Waals surface area contributed by atoms with Gasteiger partial charge in [0.25, 0.3) is 5.91 Å². The zero-order valence-corrected chi connectivity index (χ0v) is 17.9. The number of rotatable bonds is 8. The van der Waals surface area contributed by atoms with Gasteiger partial charge in [0, 0.05) is 6.04 Å². The number of ether oxygens (including phenoxy) is 2. The molecule has 4 rings (SSSR count). The first-order valence-corrected chi connectivity index (χ1v) is 11.0. The van der Waals surface area contributed by atoms with Gasteiger partial charge in [-0.1, -0.05) is 42.8 Å². The van der Waals surface area contributed by atoms with Gasteiger partial charge in [-0.05, 0) is 55.4 Å². The molecule has 0 radical (unpaired) electrons. The first kappa shape index (κ1) is 22.5. The van der Waals surface area contributed by atoms with Crippen molar-refractivity contribution in [2.45, 2.75) is 43.9 Å². The van der Waals surface area contributed by atoms with Crippen molar-refractivity contribution in [2.75, 3.05) is 0 Å². The predicted molar refractivity (Wildman–Crippen MR) is 116 cm³/mol. The first-order chi connectivity index (χ1) is 15.9. The van der Waals surface area contributed by atoms with Crippen LogP contribution in [0.3, 0.4) is 0 Å². The molecule has 2 aliphatic carbocycles. The van der Waals surface area contributed by atoms with E-state index in [1.54, 1.807) is 36.4 Å². The summed E-state index contributed by atoms with van der Waals surface area (Å²) in [7, 11) is 0. The maximum Gasteiger partial charge on any atom is 0.349 e. The number of fused-ring (bicyclic) bond motifs is 2. The predicted octanol–water partition coefficient (Wildman–Crippen LogP) is 2.83. The molecule has 2 N–H and O–H groups in total. The van der Waals surface area contributed by atoms with Crippen molar-refractivity contribution in [2.24, 2.45) is 11.8 Å². The normalized spacial score (nSPS) is 22.7. The summed E-state index contributed by atoms with van der Waals surface area (Å²) in [5.74, 6) is -3.34. The quantitative estimate of drug-likeness (QED) is 0.593. The molecule has 8 nitrogen and oxygen atoms in total. The van der Waals surface area contributed by atoms with Gasteiger partial charge >= 0.3 is 17.9 Å². The van der Waals surface area contributed by atoms with Gasteiger partial charge < -0.3 is 19.9 Å². The molecule has 2 saturated carbocycles. The second kappa shape index (κ2) is 9.85. The lowest BCUT2D eigenvalue weighted by Crippen LogP contribution is -2.53. The van der Waals surface area contributed by atoms with Crippen LogP contribution in [0.2, 0.25) is 0 Å². The van der Waals surface area contributed by atoms with E-state index in [4.69, 9.17) is 9.47 Å². The molecule has 2 bridgehead atoms. The van der Waals surface area contributed by atoms with Gasteiger partial charge in [0.15, 0.2) is 0 Å². The van der Waals surface area contributed by atoms with E-state index >= 15 is 0 Å². The van der Waals surface area contributed by atoms with Gasteiger partial charge in [-0.2, -0.15) is 0 Å². The van der Waals surface area contributed by atoms with E-state index in [2.05, 4.69) is 5.32 Å². The zero-order valence-electron chi connectivity index (χ0n) is 17.9. The SMILES string of the molecule is O=C(O[C@H](C(=O)O)[C@H](OC(=O)c1ccccc1)C(=O)N[C@H]1C[C@H]2CC[C@H]1C2)c1ccccc1. The molecule has 2 aliphatic rings. The lowest BCUT2D eigenvalue weighted by atomic mass is 9.95. The second-order valence-corrected chi connectivity index (χ2v) is 8.51. The van der Waals surface area contributed by atoms with Crippen molar-refractivity contribution < 1.29 is 33.8 Å². The fraction of sp³-hybridized carbons (Fsp3) is 0.360. The van der Waals surface area contributed by atoms with Crippen LogP contribution in [0, 0.1) is 11.8 Å². The molecule has 0 unspecified atom stereocenters. The van der Waals surface area contributed by atoms with E-state index in [0.717, 1.165) is 25.7 Å². The monoisotopic (exact) mass is 451 g/mol. The minimum atomic E-state index is -2.01. The third-order valence-electron chi connectivity index (χ3n) is 6.33. The van der Waals surface area contributed by atoms with Crippen molar-refractivity contribution >= 4 is 23.8 Å². The number of nitrogens with one attached hydrogen (secondary N) is 1. The van der Waals surface area contributed by atoms with Gasteiger partial charge in [-0.15, -0.1) is 0 Å². The average molecular weight is 451 g/mol. The number of carboxylic acids is 1. The average Bonchev–Trinajstić information content (AvgIpc) is 3.45. The van der Waals surface area contributed by atoms with Crippen molar-refractivity contribution in [1.29, 1.82) is 0 Å². The Morgan fingerprint density at radius 2 is 1.33 bits per heavy atom. The van der Waals surface area contributed by atoms with E-state index < -0.39 is 36.0 Å².